The van der Waals surface area contributed by atoms with Crippen molar-refractivity contribution in [3.63, 3.8) is 0 Å². The van der Waals surface area contributed by atoms with Gasteiger partial charge in [-0.15, -0.1) is 0 Å². The number of rotatable bonds is 5. The van der Waals surface area contributed by atoms with Crippen LogP contribution < -0.4 is 0 Å². The number of benzene rings is 2. The molecule has 0 spiro atoms. The minimum absolute atomic E-state index is 0.000677. The van der Waals surface area contributed by atoms with Gasteiger partial charge in [0.15, 0.2) is 9.84 Å². The monoisotopic (exact) mass is 406 g/mol. The van der Waals surface area contributed by atoms with Crippen molar-refractivity contribution in [2.24, 2.45) is 0 Å². The summed E-state index contributed by atoms with van der Waals surface area (Å²) in [7, 11) is -3.64. The fraction of sp³-hybridized carbons (Fsp3) is 0.235. The van der Waals surface area contributed by atoms with Crippen molar-refractivity contribution in [3.8, 4) is 0 Å². The van der Waals surface area contributed by atoms with Gasteiger partial charge in [0.25, 0.3) is 0 Å². The molecule has 0 N–H and O–H groups in total. The second-order valence-electron chi connectivity index (χ2n) is 5.46. The van der Waals surface area contributed by atoms with E-state index < -0.39 is 27.5 Å². The zero-order chi connectivity index (χ0) is 19.5. The minimum Gasteiger partial charge on any atom is -0.462 e. The smallest absolute Gasteiger partial charge is 0.416 e. The van der Waals surface area contributed by atoms with Gasteiger partial charge in [-0.2, -0.15) is 13.2 Å². The minimum atomic E-state index is -4.50. The van der Waals surface area contributed by atoms with Gasteiger partial charge < -0.3 is 4.74 Å². The number of hydrogen-bond donors (Lipinski definition) is 0. The molecule has 0 bridgehead atoms. The van der Waals surface area contributed by atoms with Crippen LogP contribution in [0.25, 0.3) is 0 Å². The van der Waals surface area contributed by atoms with E-state index in [2.05, 4.69) is 0 Å². The molecule has 0 aromatic heterocycles. The van der Waals surface area contributed by atoms with Crippen LogP contribution in [-0.4, -0.2) is 27.2 Å². The molecule has 0 aliphatic rings. The molecule has 9 heteroatoms. The number of sulfone groups is 1. The lowest BCUT2D eigenvalue weighted by Crippen LogP contribution is -2.13. The third-order valence-electron chi connectivity index (χ3n) is 3.49. The molecule has 0 atom stereocenters. The Balaban J connectivity index is 2.09. The summed E-state index contributed by atoms with van der Waals surface area (Å²) in [5.41, 5.74) is -0.846. The molecule has 0 heterocycles. The maximum Gasteiger partial charge on any atom is 0.416 e. The Bertz CT molecular complexity index is 924. The average molecular weight is 407 g/mol. The van der Waals surface area contributed by atoms with Gasteiger partial charge in [-0.05, 0) is 29.8 Å². The molecule has 26 heavy (non-hydrogen) atoms. The maximum absolute atomic E-state index is 12.9. The maximum atomic E-state index is 12.9. The van der Waals surface area contributed by atoms with Gasteiger partial charge in [0, 0.05) is 12.7 Å². The van der Waals surface area contributed by atoms with E-state index in [1.54, 1.807) is 0 Å². The average Bonchev–Trinajstić information content (AvgIpc) is 2.53. The number of ether oxygens (including phenoxy) is 1. The molecule has 4 nitrogen and oxygen atoms in total. The lowest BCUT2D eigenvalue weighted by atomic mass is 10.0. The Labute approximate surface area is 153 Å². The van der Waals surface area contributed by atoms with Crippen LogP contribution in [0.5, 0.6) is 0 Å². The first-order valence-electron chi connectivity index (χ1n) is 7.32. The first-order chi connectivity index (χ1) is 12.0. The Morgan fingerprint density at radius 2 is 1.81 bits per heavy atom. The molecule has 140 valence electrons. The number of carbonyl (C=O) groups is 1. The molecule has 0 saturated carbocycles. The van der Waals surface area contributed by atoms with E-state index in [0.717, 1.165) is 18.4 Å². The topological polar surface area (TPSA) is 60.4 Å². The van der Waals surface area contributed by atoms with Gasteiger partial charge in [-0.25, -0.2) is 13.2 Å². The van der Waals surface area contributed by atoms with Crippen LogP contribution in [0.15, 0.2) is 47.4 Å². The van der Waals surface area contributed by atoms with E-state index in [4.69, 9.17) is 16.3 Å². The zero-order valence-corrected chi connectivity index (χ0v) is 15.1. The molecule has 0 radical (unpaired) electrons. The highest BCUT2D eigenvalue weighted by Crippen LogP contribution is 2.32. The Morgan fingerprint density at radius 3 is 2.42 bits per heavy atom. The summed E-state index contributed by atoms with van der Waals surface area (Å²) in [4.78, 5) is 11.8. The fourth-order valence-electron chi connectivity index (χ4n) is 2.27. The first kappa shape index (κ1) is 20.3. The number of alkyl halides is 3. The highest BCUT2D eigenvalue weighted by Gasteiger charge is 2.32. The molecule has 0 unspecified atom stereocenters. The number of halogens is 4. The number of esters is 1. The van der Waals surface area contributed by atoms with Crippen LogP contribution in [0.3, 0.4) is 0 Å². The molecule has 2 aromatic carbocycles. The van der Waals surface area contributed by atoms with Crippen LogP contribution in [0.1, 0.15) is 21.5 Å². The second kappa shape index (κ2) is 7.67. The van der Waals surface area contributed by atoms with E-state index in [1.165, 1.54) is 30.3 Å². The Hall–Kier alpha value is -2.06. The highest BCUT2D eigenvalue weighted by atomic mass is 35.5. The molecule has 2 aromatic rings. The van der Waals surface area contributed by atoms with Crippen molar-refractivity contribution in [2.75, 3.05) is 12.9 Å². The number of carbonyl (C=O) groups excluding carboxylic acids is 1. The van der Waals surface area contributed by atoms with E-state index in [9.17, 15) is 26.4 Å². The van der Waals surface area contributed by atoms with E-state index in [-0.39, 0.29) is 34.1 Å². The van der Waals surface area contributed by atoms with E-state index in [1.807, 2.05) is 0 Å². The van der Waals surface area contributed by atoms with Crippen LogP contribution in [0.4, 0.5) is 13.2 Å². The van der Waals surface area contributed by atoms with E-state index in [0.29, 0.717) is 0 Å². The highest BCUT2D eigenvalue weighted by molar-refractivity contribution is 7.90. The standard InChI is InChI=1S/C17H14ClF3O4S/c1-26(23,24)15-10-12(6-7-14(15)18)16(22)25-9-8-11-4-2-3-5-13(11)17(19,20)21/h2-7,10H,8-9H2,1H3. The van der Waals surface area contributed by atoms with E-state index >= 15 is 0 Å². The normalized spacial score (nSPS) is 12.0. The molecular weight excluding hydrogens is 393 g/mol. The molecule has 0 saturated heterocycles. The molecular formula is C17H14ClF3O4S. The summed E-state index contributed by atoms with van der Waals surface area (Å²) in [5, 5.41) is -0.0387. The fourth-order valence-corrected chi connectivity index (χ4v) is 3.57. The summed E-state index contributed by atoms with van der Waals surface area (Å²) >= 11 is 5.79. The SMILES string of the molecule is CS(=O)(=O)c1cc(C(=O)OCCc2ccccc2C(F)(F)F)ccc1Cl. The predicted octanol–water partition coefficient (Wildman–Crippen LogP) is 4.16. The molecule has 0 amide bonds. The number of hydrogen-bond acceptors (Lipinski definition) is 4. The third-order valence-corrected chi connectivity index (χ3v) is 5.07. The van der Waals surface area contributed by atoms with Gasteiger partial charge in [0.2, 0.25) is 0 Å². The molecule has 0 aliphatic carbocycles. The van der Waals surface area contributed by atoms with Crippen molar-refractivity contribution in [1.29, 1.82) is 0 Å². The molecule has 0 fully saturated rings. The largest absolute Gasteiger partial charge is 0.462 e. The summed E-state index contributed by atoms with van der Waals surface area (Å²) in [6.45, 7) is -0.289. The van der Waals surface area contributed by atoms with Crippen molar-refractivity contribution in [3.05, 3.63) is 64.2 Å². The molecule has 0 aliphatic heterocycles. The first-order valence-corrected chi connectivity index (χ1v) is 9.59. The summed E-state index contributed by atoms with van der Waals surface area (Å²) in [5.74, 6) is -0.851. The summed E-state index contributed by atoms with van der Waals surface area (Å²) < 4.78 is 66.9. The lowest BCUT2D eigenvalue weighted by molar-refractivity contribution is -0.138. The molecule has 2 rings (SSSR count). The van der Waals surface area contributed by atoms with Crippen molar-refractivity contribution < 1.29 is 31.1 Å². The summed E-state index contributed by atoms with van der Waals surface area (Å²) in [6, 6.07) is 8.60. The van der Waals surface area contributed by atoms with Crippen LogP contribution >= 0.6 is 11.6 Å². The van der Waals surface area contributed by atoms with Crippen LogP contribution in [-0.2, 0) is 27.2 Å². The van der Waals surface area contributed by atoms with Crippen LogP contribution in [0.2, 0.25) is 5.02 Å². The van der Waals surface area contributed by atoms with Crippen molar-refractivity contribution in [1.82, 2.24) is 0 Å². The van der Waals surface area contributed by atoms with Gasteiger partial charge in [0.1, 0.15) is 0 Å². The van der Waals surface area contributed by atoms with Gasteiger partial charge in [-0.3, -0.25) is 0 Å². The third kappa shape index (κ3) is 4.98. The second-order valence-corrected chi connectivity index (χ2v) is 7.85. The lowest BCUT2D eigenvalue weighted by Gasteiger charge is -2.13. The van der Waals surface area contributed by atoms with Gasteiger partial charge in [0.05, 0.1) is 27.7 Å². The van der Waals surface area contributed by atoms with Gasteiger partial charge in [-0.1, -0.05) is 29.8 Å². The predicted molar refractivity (Wildman–Crippen MR) is 90.0 cm³/mol. The zero-order valence-electron chi connectivity index (χ0n) is 13.5. The summed E-state index contributed by atoms with van der Waals surface area (Å²) in [6.07, 6.45) is -3.69. The van der Waals surface area contributed by atoms with Crippen molar-refractivity contribution >= 4 is 27.4 Å². The van der Waals surface area contributed by atoms with Crippen molar-refractivity contribution in [2.45, 2.75) is 17.5 Å². The van der Waals surface area contributed by atoms with Gasteiger partial charge >= 0.3 is 12.1 Å². The Morgan fingerprint density at radius 1 is 1.15 bits per heavy atom. The Kier molecular flexibility index (Phi) is 5.98. The quantitative estimate of drug-likeness (QED) is 0.699. The van der Waals surface area contributed by atoms with Crippen LogP contribution in [0, 0.1) is 0 Å².